The van der Waals surface area contributed by atoms with Crippen molar-refractivity contribution in [3.63, 3.8) is 0 Å². The second-order valence-electron chi connectivity index (χ2n) is 4.45. The molecule has 14 heavy (non-hydrogen) atoms. The van der Waals surface area contributed by atoms with E-state index in [4.69, 9.17) is 5.11 Å². The Morgan fingerprint density at radius 1 is 1.57 bits per heavy atom. The summed E-state index contributed by atoms with van der Waals surface area (Å²) in [5.41, 5.74) is 0. The molecule has 0 bridgehead atoms. The number of nitrogens with zero attached hydrogens (tertiary/aromatic N) is 1. The first-order valence-corrected chi connectivity index (χ1v) is 5.54. The quantitative estimate of drug-likeness (QED) is 0.755. The molecule has 0 spiro atoms. The second-order valence-corrected chi connectivity index (χ2v) is 4.45. The van der Waals surface area contributed by atoms with Crippen LogP contribution in [0.5, 0.6) is 0 Å². The average molecular weight is 199 g/mol. The third-order valence-corrected chi connectivity index (χ3v) is 3.25. The zero-order valence-corrected chi connectivity index (χ0v) is 9.36. The number of aliphatic carboxylic acids is 1. The molecule has 0 radical (unpaired) electrons. The summed E-state index contributed by atoms with van der Waals surface area (Å²) >= 11 is 0. The lowest BCUT2D eigenvalue weighted by atomic mass is 9.89. The van der Waals surface area contributed by atoms with Crippen molar-refractivity contribution < 1.29 is 9.90 Å². The fourth-order valence-corrected chi connectivity index (χ4v) is 2.37. The second kappa shape index (κ2) is 4.78. The first kappa shape index (κ1) is 11.5. The third kappa shape index (κ3) is 2.47. The van der Waals surface area contributed by atoms with Gasteiger partial charge in [-0.1, -0.05) is 6.92 Å². The topological polar surface area (TPSA) is 40.5 Å². The summed E-state index contributed by atoms with van der Waals surface area (Å²) in [6, 6.07) is 1.000. The summed E-state index contributed by atoms with van der Waals surface area (Å²) in [5, 5.41) is 8.96. The van der Waals surface area contributed by atoms with Crippen LogP contribution in [0.15, 0.2) is 0 Å². The molecule has 0 aromatic rings. The van der Waals surface area contributed by atoms with Gasteiger partial charge in [-0.25, -0.2) is 0 Å². The Morgan fingerprint density at radius 2 is 2.21 bits per heavy atom. The van der Waals surface area contributed by atoms with Crippen molar-refractivity contribution in [3.8, 4) is 0 Å². The first-order valence-electron chi connectivity index (χ1n) is 5.54. The fraction of sp³-hybridized carbons (Fsp3) is 0.909. The molecule has 0 aromatic heterocycles. The minimum absolute atomic E-state index is 0.116. The van der Waals surface area contributed by atoms with E-state index in [1.54, 1.807) is 0 Å². The van der Waals surface area contributed by atoms with Crippen LogP contribution in [0.25, 0.3) is 0 Å². The van der Waals surface area contributed by atoms with E-state index in [0.717, 1.165) is 25.8 Å². The van der Waals surface area contributed by atoms with Crippen molar-refractivity contribution >= 4 is 5.97 Å². The number of hydrogen-bond donors (Lipinski definition) is 1. The zero-order valence-electron chi connectivity index (χ0n) is 9.36. The molecule has 1 N–H and O–H groups in total. The number of carbonyl (C=O) groups is 1. The summed E-state index contributed by atoms with van der Waals surface area (Å²) < 4.78 is 0. The number of hydrogen-bond acceptors (Lipinski definition) is 2. The van der Waals surface area contributed by atoms with Crippen LogP contribution in [-0.4, -0.2) is 34.6 Å². The molecule has 3 heteroatoms. The molecule has 1 aliphatic rings. The van der Waals surface area contributed by atoms with Gasteiger partial charge in [0.15, 0.2) is 0 Å². The Hall–Kier alpha value is -0.570. The SMILES string of the molecule is CCC1CC(C(=O)O)CCN1C(C)C. The van der Waals surface area contributed by atoms with Gasteiger partial charge >= 0.3 is 5.97 Å². The Labute approximate surface area is 86.1 Å². The van der Waals surface area contributed by atoms with Gasteiger partial charge in [-0.2, -0.15) is 0 Å². The Kier molecular flexibility index (Phi) is 3.93. The van der Waals surface area contributed by atoms with Crippen molar-refractivity contribution in [2.75, 3.05) is 6.54 Å². The van der Waals surface area contributed by atoms with E-state index in [1.807, 2.05) is 0 Å². The number of rotatable bonds is 3. The molecule has 3 nitrogen and oxygen atoms in total. The number of piperidine rings is 1. The third-order valence-electron chi connectivity index (χ3n) is 3.25. The maximum atomic E-state index is 10.9. The summed E-state index contributed by atoms with van der Waals surface area (Å²) in [4.78, 5) is 13.3. The van der Waals surface area contributed by atoms with E-state index < -0.39 is 5.97 Å². The molecule has 1 saturated heterocycles. The lowest BCUT2D eigenvalue weighted by Crippen LogP contribution is -2.47. The molecule has 2 atom stereocenters. The van der Waals surface area contributed by atoms with E-state index in [2.05, 4.69) is 25.7 Å². The van der Waals surface area contributed by atoms with Gasteiger partial charge in [0.25, 0.3) is 0 Å². The van der Waals surface area contributed by atoms with Crippen molar-refractivity contribution in [3.05, 3.63) is 0 Å². The van der Waals surface area contributed by atoms with Crippen molar-refractivity contribution in [1.82, 2.24) is 4.90 Å². The maximum Gasteiger partial charge on any atom is 0.306 e. The van der Waals surface area contributed by atoms with Crippen LogP contribution in [0.4, 0.5) is 0 Å². The van der Waals surface area contributed by atoms with E-state index in [0.29, 0.717) is 12.1 Å². The van der Waals surface area contributed by atoms with Crippen LogP contribution in [0, 0.1) is 5.92 Å². The van der Waals surface area contributed by atoms with E-state index >= 15 is 0 Å². The average Bonchev–Trinajstić information content (AvgIpc) is 2.16. The smallest absolute Gasteiger partial charge is 0.306 e. The molecule has 0 saturated carbocycles. The molecule has 0 amide bonds. The highest BCUT2D eigenvalue weighted by Crippen LogP contribution is 2.26. The number of likely N-dealkylation sites (tertiary alicyclic amines) is 1. The summed E-state index contributed by atoms with van der Waals surface area (Å²) in [7, 11) is 0. The van der Waals surface area contributed by atoms with Gasteiger partial charge in [0.1, 0.15) is 0 Å². The van der Waals surface area contributed by atoms with Crippen LogP contribution < -0.4 is 0 Å². The largest absolute Gasteiger partial charge is 0.481 e. The van der Waals surface area contributed by atoms with Gasteiger partial charge in [0, 0.05) is 12.1 Å². The van der Waals surface area contributed by atoms with Gasteiger partial charge in [-0.15, -0.1) is 0 Å². The van der Waals surface area contributed by atoms with Crippen molar-refractivity contribution in [2.45, 2.75) is 52.1 Å². The minimum Gasteiger partial charge on any atom is -0.481 e. The molecular weight excluding hydrogens is 178 g/mol. The lowest BCUT2D eigenvalue weighted by Gasteiger charge is -2.40. The molecule has 0 aliphatic carbocycles. The van der Waals surface area contributed by atoms with Gasteiger partial charge in [0.2, 0.25) is 0 Å². The van der Waals surface area contributed by atoms with E-state index in [9.17, 15) is 4.79 Å². The molecule has 1 fully saturated rings. The van der Waals surface area contributed by atoms with Crippen molar-refractivity contribution in [1.29, 1.82) is 0 Å². The monoisotopic (exact) mass is 199 g/mol. The highest BCUT2D eigenvalue weighted by atomic mass is 16.4. The van der Waals surface area contributed by atoms with Gasteiger partial charge in [0.05, 0.1) is 5.92 Å². The molecule has 2 unspecified atom stereocenters. The molecule has 0 aromatic carbocycles. The Morgan fingerprint density at radius 3 is 2.64 bits per heavy atom. The van der Waals surface area contributed by atoms with Crippen LogP contribution in [0.2, 0.25) is 0 Å². The van der Waals surface area contributed by atoms with Crippen LogP contribution in [0.3, 0.4) is 0 Å². The zero-order chi connectivity index (χ0) is 10.7. The molecule has 1 aliphatic heterocycles. The number of carboxylic acid groups (broad SMARTS) is 1. The predicted octanol–water partition coefficient (Wildman–Crippen LogP) is 1.97. The lowest BCUT2D eigenvalue weighted by molar-refractivity contribution is -0.144. The standard InChI is InChI=1S/C11H21NO2/c1-4-10-7-9(11(13)14)5-6-12(10)8(2)3/h8-10H,4-7H2,1-3H3,(H,13,14). The van der Waals surface area contributed by atoms with Crippen LogP contribution in [-0.2, 0) is 4.79 Å². The Bertz CT molecular complexity index is 203. The molecule has 82 valence electrons. The van der Waals surface area contributed by atoms with Gasteiger partial charge in [-0.3, -0.25) is 9.69 Å². The maximum absolute atomic E-state index is 10.9. The van der Waals surface area contributed by atoms with Crippen LogP contribution in [0.1, 0.15) is 40.0 Å². The van der Waals surface area contributed by atoms with E-state index in [-0.39, 0.29) is 5.92 Å². The van der Waals surface area contributed by atoms with Gasteiger partial charge in [-0.05, 0) is 39.7 Å². The van der Waals surface area contributed by atoms with Crippen molar-refractivity contribution in [2.24, 2.45) is 5.92 Å². The first-order chi connectivity index (χ1) is 6.56. The minimum atomic E-state index is -0.619. The summed E-state index contributed by atoms with van der Waals surface area (Å²) in [6.45, 7) is 7.45. The molecule has 1 rings (SSSR count). The number of carboxylic acids is 1. The summed E-state index contributed by atoms with van der Waals surface area (Å²) in [6.07, 6.45) is 2.69. The highest BCUT2D eigenvalue weighted by Gasteiger charge is 2.31. The fourth-order valence-electron chi connectivity index (χ4n) is 2.37. The molecule has 1 heterocycles. The molecular formula is C11H21NO2. The highest BCUT2D eigenvalue weighted by molar-refractivity contribution is 5.70. The van der Waals surface area contributed by atoms with Crippen LogP contribution >= 0.6 is 0 Å². The van der Waals surface area contributed by atoms with Gasteiger partial charge < -0.3 is 5.11 Å². The summed E-state index contributed by atoms with van der Waals surface area (Å²) in [5.74, 6) is -0.734. The van der Waals surface area contributed by atoms with E-state index in [1.165, 1.54) is 0 Å². The Balaban J connectivity index is 2.59. The predicted molar refractivity (Wildman–Crippen MR) is 56.3 cm³/mol. The normalized spacial score (nSPS) is 29.4.